The third-order valence-corrected chi connectivity index (χ3v) is 8.79. The molecule has 0 radical (unpaired) electrons. The van der Waals surface area contributed by atoms with Gasteiger partial charge >= 0.3 is 5.97 Å². The molecule has 1 aliphatic rings. The number of hydrogen-bond donors (Lipinski definition) is 3. The Bertz CT molecular complexity index is 1650. The second-order valence-electron chi connectivity index (χ2n) is 11.2. The minimum atomic E-state index is -0.819. The fourth-order valence-electron chi connectivity index (χ4n) is 5.26. The fraction of sp³-hybridized carbons (Fsp3) is 0.278. The van der Waals surface area contributed by atoms with Crippen LogP contribution in [0.1, 0.15) is 63.1 Å². The van der Waals surface area contributed by atoms with Gasteiger partial charge in [0.25, 0.3) is 11.8 Å². The Hall–Kier alpha value is -4.63. The first kappa shape index (κ1) is 31.8. The molecule has 0 spiro atoms. The van der Waals surface area contributed by atoms with E-state index >= 15 is 0 Å². The first-order valence-corrected chi connectivity index (χ1v) is 16.4. The number of nitrogens with one attached hydrogen (secondary N) is 2. The number of carbonyl (C=O) groups is 3. The highest BCUT2D eigenvalue weighted by Crippen LogP contribution is 2.33. The van der Waals surface area contributed by atoms with Gasteiger partial charge in [-0.05, 0) is 79.8 Å². The highest BCUT2D eigenvalue weighted by Gasteiger charge is 2.18. The molecule has 45 heavy (non-hydrogen) atoms. The van der Waals surface area contributed by atoms with E-state index in [0.29, 0.717) is 40.6 Å². The van der Waals surface area contributed by atoms with E-state index in [1.165, 1.54) is 23.7 Å². The van der Waals surface area contributed by atoms with Crippen LogP contribution in [0.25, 0.3) is 11.3 Å². The number of aryl methyl sites for hydroxylation is 1. The molecule has 0 unspecified atom stereocenters. The summed E-state index contributed by atoms with van der Waals surface area (Å²) < 4.78 is 0. The Morgan fingerprint density at radius 3 is 2.42 bits per heavy atom. The van der Waals surface area contributed by atoms with Gasteiger partial charge in [-0.2, -0.15) is 11.8 Å². The van der Waals surface area contributed by atoms with Crippen LogP contribution in [0.3, 0.4) is 0 Å². The van der Waals surface area contributed by atoms with Gasteiger partial charge in [-0.25, -0.2) is 0 Å². The number of nitrogens with zero attached hydrogens (tertiary/aromatic N) is 2. The zero-order valence-electron chi connectivity index (χ0n) is 25.4. The van der Waals surface area contributed by atoms with Crippen LogP contribution in [0, 0.1) is 6.92 Å². The number of piperidine rings is 1. The third-order valence-electron chi connectivity index (χ3n) is 7.76. The van der Waals surface area contributed by atoms with E-state index in [4.69, 9.17) is 5.11 Å². The molecule has 0 bridgehead atoms. The van der Waals surface area contributed by atoms with Gasteiger partial charge in [0.1, 0.15) is 0 Å². The Morgan fingerprint density at radius 1 is 0.867 bits per heavy atom. The number of carboxylic acids is 1. The molecule has 1 saturated heterocycles. The quantitative estimate of drug-likeness (QED) is 0.147. The van der Waals surface area contributed by atoms with Crippen molar-refractivity contribution in [2.75, 3.05) is 29.1 Å². The largest absolute Gasteiger partial charge is 0.481 e. The minimum absolute atomic E-state index is 0.102. The van der Waals surface area contributed by atoms with E-state index in [2.05, 4.69) is 20.5 Å². The Kier molecular flexibility index (Phi) is 10.9. The molecule has 2 amide bonds. The number of pyridine rings is 1. The van der Waals surface area contributed by atoms with E-state index in [1.807, 2.05) is 67.6 Å². The number of carbonyl (C=O) groups excluding carboxylic acids is 2. The van der Waals surface area contributed by atoms with Crippen LogP contribution in [-0.2, 0) is 17.1 Å². The molecule has 3 aromatic carbocycles. The standard InChI is InChI=1S/C36H38N4O4S/c1-25-8-10-26(11-9-25)23-38-35(43)29-14-16-37-33(21-29)31-22-30(40-17-3-2-4-18-40)12-13-32(31)39-36(44)28-7-5-6-27(20-28)24-45-19-15-34(41)42/h5-14,16,20-22H,2-4,15,17-19,23-24H2,1H3,(H,38,43)(H,39,44)(H,41,42). The highest BCUT2D eigenvalue weighted by molar-refractivity contribution is 7.98. The van der Waals surface area contributed by atoms with Crippen molar-refractivity contribution < 1.29 is 19.5 Å². The number of anilines is 2. The van der Waals surface area contributed by atoms with Crippen molar-refractivity contribution in [3.63, 3.8) is 0 Å². The van der Waals surface area contributed by atoms with Crippen LogP contribution in [0.2, 0.25) is 0 Å². The van der Waals surface area contributed by atoms with Gasteiger partial charge in [0.05, 0.1) is 17.8 Å². The van der Waals surface area contributed by atoms with E-state index in [1.54, 1.807) is 24.4 Å². The molecular weight excluding hydrogens is 584 g/mol. The molecule has 1 aromatic heterocycles. The zero-order valence-corrected chi connectivity index (χ0v) is 26.2. The maximum absolute atomic E-state index is 13.5. The van der Waals surface area contributed by atoms with Crippen LogP contribution in [0.15, 0.2) is 85.1 Å². The summed E-state index contributed by atoms with van der Waals surface area (Å²) in [6.07, 6.45) is 5.21. The molecule has 1 aliphatic heterocycles. The first-order chi connectivity index (χ1) is 21.9. The predicted molar refractivity (Wildman–Crippen MR) is 181 cm³/mol. The van der Waals surface area contributed by atoms with Crippen LogP contribution in [0.5, 0.6) is 0 Å². The van der Waals surface area contributed by atoms with Gasteiger partial charge < -0.3 is 20.6 Å². The van der Waals surface area contributed by atoms with Gasteiger partial charge in [0.2, 0.25) is 0 Å². The van der Waals surface area contributed by atoms with Crippen molar-refractivity contribution in [3.05, 3.63) is 113 Å². The normalized spacial score (nSPS) is 12.9. The van der Waals surface area contributed by atoms with Gasteiger partial charge in [-0.1, -0.05) is 42.0 Å². The smallest absolute Gasteiger partial charge is 0.304 e. The van der Waals surface area contributed by atoms with Crippen molar-refractivity contribution in [2.45, 2.75) is 44.9 Å². The number of amides is 2. The van der Waals surface area contributed by atoms with Crippen molar-refractivity contribution in [1.29, 1.82) is 0 Å². The number of benzene rings is 3. The average Bonchev–Trinajstić information content (AvgIpc) is 3.07. The number of hydrogen-bond acceptors (Lipinski definition) is 6. The maximum Gasteiger partial charge on any atom is 0.304 e. The topological polar surface area (TPSA) is 112 Å². The molecule has 0 atom stereocenters. The van der Waals surface area contributed by atoms with E-state index in [9.17, 15) is 14.4 Å². The molecule has 2 heterocycles. The molecule has 0 saturated carbocycles. The van der Waals surface area contributed by atoms with Gasteiger partial charge in [-0.15, -0.1) is 0 Å². The fourth-order valence-corrected chi connectivity index (χ4v) is 6.14. The lowest BCUT2D eigenvalue weighted by molar-refractivity contribution is -0.136. The number of rotatable bonds is 12. The van der Waals surface area contributed by atoms with E-state index in [0.717, 1.165) is 48.3 Å². The monoisotopic (exact) mass is 622 g/mol. The zero-order chi connectivity index (χ0) is 31.6. The van der Waals surface area contributed by atoms with Crippen molar-refractivity contribution in [1.82, 2.24) is 10.3 Å². The predicted octanol–water partition coefficient (Wildman–Crippen LogP) is 6.94. The minimum Gasteiger partial charge on any atom is -0.481 e. The second-order valence-corrected chi connectivity index (χ2v) is 12.3. The summed E-state index contributed by atoms with van der Waals surface area (Å²) in [5.74, 6) is -0.150. The summed E-state index contributed by atoms with van der Waals surface area (Å²) >= 11 is 1.52. The van der Waals surface area contributed by atoms with Crippen LogP contribution in [0.4, 0.5) is 11.4 Å². The van der Waals surface area contributed by atoms with Crippen LogP contribution >= 0.6 is 11.8 Å². The summed E-state index contributed by atoms with van der Waals surface area (Å²) in [4.78, 5) is 44.4. The third kappa shape index (κ3) is 8.95. The summed E-state index contributed by atoms with van der Waals surface area (Å²) in [6, 6.07) is 24.9. The molecular formula is C36H38N4O4S. The molecule has 5 rings (SSSR count). The molecule has 9 heteroatoms. The Morgan fingerprint density at radius 2 is 1.64 bits per heavy atom. The van der Waals surface area contributed by atoms with Crippen molar-refractivity contribution in [3.8, 4) is 11.3 Å². The van der Waals surface area contributed by atoms with E-state index in [-0.39, 0.29) is 18.2 Å². The molecule has 1 fully saturated rings. The highest BCUT2D eigenvalue weighted by atomic mass is 32.2. The summed E-state index contributed by atoms with van der Waals surface area (Å²) in [6.45, 7) is 4.38. The summed E-state index contributed by atoms with van der Waals surface area (Å²) in [5, 5.41) is 15.0. The van der Waals surface area contributed by atoms with Crippen molar-refractivity contribution >= 4 is 40.9 Å². The second kappa shape index (κ2) is 15.4. The number of aromatic nitrogens is 1. The lowest BCUT2D eigenvalue weighted by Gasteiger charge is -2.29. The first-order valence-electron chi connectivity index (χ1n) is 15.2. The molecule has 8 nitrogen and oxygen atoms in total. The average molecular weight is 623 g/mol. The Labute approximate surface area is 268 Å². The number of aliphatic carboxylic acids is 1. The van der Waals surface area contributed by atoms with Gasteiger partial charge in [0, 0.05) is 59.7 Å². The lowest BCUT2D eigenvalue weighted by atomic mass is 10.0. The Balaban J connectivity index is 1.37. The van der Waals surface area contributed by atoms with Gasteiger partial charge in [0.15, 0.2) is 0 Å². The molecule has 232 valence electrons. The number of thioether (sulfide) groups is 1. The molecule has 3 N–H and O–H groups in total. The van der Waals surface area contributed by atoms with Crippen molar-refractivity contribution in [2.24, 2.45) is 0 Å². The number of carboxylic acid groups (broad SMARTS) is 1. The summed E-state index contributed by atoms with van der Waals surface area (Å²) in [7, 11) is 0. The maximum atomic E-state index is 13.5. The lowest BCUT2D eigenvalue weighted by Crippen LogP contribution is -2.29. The van der Waals surface area contributed by atoms with E-state index < -0.39 is 5.97 Å². The van der Waals surface area contributed by atoms with Gasteiger partial charge in [-0.3, -0.25) is 19.4 Å². The van der Waals surface area contributed by atoms with Crippen LogP contribution in [-0.4, -0.2) is 46.7 Å². The molecule has 4 aromatic rings. The van der Waals surface area contributed by atoms with Crippen LogP contribution < -0.4 is 15.5 Å². The SMILES string of the molecule is Cc1ccc(CNC(=O)c2ccnc(-c3cc(N4CCCCC4)ccc3NC(=O)c3cccc(CSCCC(=O)O)c3)c2)cc1. The summed E-state index contributed by atoms with van der Waals surface area (Å²) in [5.41, 5.74) is 7.12. The molecule has 0 aliphatic carbocycles.